The Balaban J connectivity index is 1.82. The van der Waals surface area contributed by atoms with E-state index in [0.717, 1.165) is 58.9 Å². The van der Waals surface area contributed by atoms with E-state index in [4.69, 9.17) is 15.2 Å². The average Bonchev–Trinajstić information content (AvgIpc) is 3.12. The highest BCUT2D eigenvalue weighted by Gasteiger charge is 2.33. The molecule has 1 aliphatic heterocycles. The van der Waals surface area contributed by atoms with Gasteiger partial charge < -0.3 is 15.2 Å². The van der Waals surface area contributed by atoms with E-state index in [1.165, 1.54) is 13.5 Å². The topological polar surface area (TPSA) is 77.7 Å². The standard InChI is InChI=1S/C20H25N3O3S/c1-12-6-7-15-17(23(12)20(24)25-2)9-8-14(16-11-27-18(10-21)22-16)19(15)26-13-4-3-5-13/h8-9,11-13H,3-7,10,21H2,1-2H3/t12-/m0/s1. The highest BCUT2D eigenvalue weighted by molar-refractivity contribution is 7.09. The van der Waals surface area contributed by atoms with Crippen LogP contribution in [0, 0.1) is 0 Å². The van der Waals surface area contributed by atoms with Crippen molar-refractivity contribution in [3.8, 4) is 17.0 Å². The molecule has 144 valence electrons. The van der Waals surface area contributed by atoms with Gasteiger partial charge >= 0.3 is 6.09 Å². The maximum atomic E-state index is 12.4. The molecule has 6 nitrogen and oxygen atoms in total. The molecule has 1 aromatic heterocycles. The van der Waals surface area contributed by atoms with Crippen LogP contribution in [-0.4, -0.2) is 30.3 Å². The molecule has 1 atom stereocenters. The summed E-state index contributed by atoms with van der Waals surface area (Å²) in [5.74, 6) is 0.867. The number of carbonyl (C=O) groups is 1. The van der Waals surface area contributed by atoms with Gasteiger partial charge in [-0.25, -0.2) is 9.78 Å². The Labute approximate surface area is 163 Å². The van der Waals surface area contributed by atoms with Crippen molar-refractivity contribution in [3.05, 3.63) is 28.1 Å². The highest BCUT2D eigenvalue weighted by Crippen LogP contribution is 2.44. The van der Waals surface area contributed by atoms with E-state index in [-0.39, 0.29) is 18.2 Å². The van der Waals surface area contributed by atoms with E-state index in [0.29, 0.717) is 6.54 Å². The lowest BCUT2D eigenvalue weighted by molar-refractivity contribution is 0.119. The average molecular weight is 388 g/mol. The Morgan fingerprint density at radius 3 is 2.81 bits per heavy atom. The lowest BCUT2D eigenvalue weighted by atomic mass is 9.92. The number of anilines is 1. The molecule has 4 rings (SSSR count). The summed E-state index contributed by atoms with van der Waals surface area (Å²) in [6.07, 6.45) is 5.01. The zero-order valence-corrected chi connectivity index (χ0v) is 16.6. The van der Waals surface area contributed by atoms with E-state index in [1.807, 2.05) is 24.4 Å². The van der Waals surface area contributed by atoms with Crippen LogP contribution in [0.1, 0.15) is 43.2 Å². The van der Waals surface area contributed by atoms with Crippen LogP contribution in [0.3, 0.4) is 0 Å². The van der Waals surface area contributed by atoms with Crippen LogP contribution in [-0.2, 0) is 17.7 Å². The second kappa shape index (κ2) is 7.48. The third-order valence-electron chi connectivity index (χ3n) is 5.46. The molecule has 1 saturated carbocycles. The van der Waals surface area contributed by atoms with Crippen LogP contribution in [0.25, 0.3) is 11.3 Å². The summed E-state index contributed by atoms with van der Waals surface area (Å²) in [5, 5.41) is 2.93. The quantitative estimate of drug-likeness (QED) is 0.854. The second-order valence-electron chi connectivity index (χ2n) is 7.17. The molecule has 1 fully saturated rings. The van der Waals surface area contributed by atoms with E-state index < -0.39 is 0 Å². The molecule has 1 aromatic carbocycles. The van der Waals surface area contributed by atoms with Crippen LogP contribution < -0.4 is 15.4 Å². The van der Waals surface area contributed by atoms with E-state index in [9.17, 15) is 4.79 Å². The molecule has 0 unspecified atom stereocenters. The van der Waals surface area contributed by atoms with Crippen molar-refractivity contribution in [2.24, 2.45) is 5.73 Å². The summed E-state index contributed by atoms with van der Waals surface area (Å²) in [4.78, 5) is 18.8. The van der Waals surface area contributed by atoms with Crippen molar-refractivity contribution in [2.45, 2.75) is 57.7 Å². The van der Waals surface area contributed by atoms with Crippen LogP contribution >= 0.6 is 11.3 Å². The minimum absolute atomic E-state index is 0.0930. The lowest BCUT2D eigenvalue weighted by Gasteiger charge is -2.36. The zero-order chi connectivity index (χ0) is 19.0. The van der Waals surface area contributed by atoms with Gasteiger partial charge in [0, 0.05) is 29.1 Å². The molecule has 2 aromatic rings. The summed E-state index contributed by atoms with van der Waals surface area (Å²) >= 11 is 1.56. The van der Waals surface area contributed by atoms with Gasteiger partial charge in [-0.2, -0.15) is 0 Å². The van der Waals surface area contributed by atoms with Gasteiger partial charge in [0.2, 0.25) is 0 Å². The number of hydrogen-bond donors (Lipinski definition) is 1. The van der Waals surface area contributed by atoms with Gasteiger partial charge in [0.25, 0.3) is 0 Å². The summed E-state index contributed by atoms with van der Waals surface area (Å²) in [5.41, 5.74) is 9.57. The van der Waals surface area contributed by atoms with Crippen molar-refractivity contribution in [2.75, 3.05) is 12.0 Å². The van der Waals surface area contributed by atoms with E-state index in [2.05, 4.69) is 4.98 Å². The van der Waals surface area contributed by atoms with Gasteiger partial charge in [0.1, 0.15) is 10.8 Å². The molecule has 2 heterocycles. The molecule has 1 amide bonds. The largest absolute Gasteiger partial charge is 0.489 e. The Bertz CT molecular complexity index is 847. The number of fused-ring (bicyclic) bond motifs is 1. The first-order valence-electron chi connectivity index (χ1n) is 9.47. The van der Waals surface area contributed by atoms with Gasteiger partial charge in [0.15, 0.2) is 0 Å². The molecule has 0 saturated heterocycles. The highest BCUT2D eigenvalue weighted by atomic mass is 32.1. The molecular formula is C20H25N3O3S. The van der Waals surface area contributed by atoms with Gasteiger partial charge in [-0.15, -0.1) is 11.3 Å². The number of benzene rings is 1. The number of amides is 1. The van der Waals surface area contributed by atoms with Crippen LogP contribution in [0.4, 0.5) is 10.5 Å². The monoisotopic (exact) mass is 387 g/mol. The molecule has 2 aliphatic rings. The van der Waals surface area contributed by atoms with Crippen molar-refractivity contribution >= 4 is 23.1 Å². The minimum atomic E-state index is -0.329. The first kappa shape index (κ1) is 18.3. The van der Waals surface area contributed by atoms with E-state index >= 15 is 0 Å². The number of nitrogens with zero attached hydrogens (tertiary/aromatic N) is 2. The number of aromatic nitrogens is 1. The molecule has 0 spiro atoms. The van der Waals surface area contributed by atoms with Crippen LogP contribution in [0.2, 0.25) is 0 Å². The Morgan fingerprint density at radius 2 is 2.19 bits per heavy atom. The number of carbonyl (C=O) groups excluding carboxylic acids is 1. The van der Waals surface area contributed by atoms with Crippen molar-refractivity contribution < 1.29 is 14.3 Å². The number of rotatable bonds is 4. The summed E-state index contributed by atoms with van der Waals surface area (Å²) < 4.78 is 11.5. The Morgan fingerprint density at radius 1 is 1.37 bits per heavy atom. The normalized spacial score (nSPS) is 19.4. The Hall–Kier alpha value is -2.12. The third kappa shape index (κ3) is 3.30. The fraction of sp³-hybridized carbons (Fsp3) is 0.500. The van der Waals surface area contributed by atoms with Crippen LogP contribution in [0.5, 0.6) is 5.75 Å². The first-order valence-corrected chi connectivity index (χ1v) is 10.3. The predicted molar refractivity (Wildman–Crippen MR) is 106 cm³/mol. The third-order valence-corrected chi connectivity index (χ3v) is 6.33. The SMILES string of the molecule is COC(=O)N1c2ccc(-c3csc(CN)n3)c(OC3CCC3)c2CC[C@@H]1C. The first-order chi connectivity index (χ1) is 13.1. The zero-order valence-electron chi connectivity index (χ0n) is 15.7. The maximum absolute atomic E-state index is 12.4. The second-order valence-corrected chi connectivity index (χ2v) is 8.11. The molecule has 0 bridgehead atoms. The minimum Gasteiger partial charge on any atom is -0.489 e. The number of nitrogens with two attached hydrogens (primary N) is 1. The molecule has 27 heavy (non-hydrogen) atoms. The molecule has 0 radical (unpaired) electrons. The van der Waals surface area contributed by atoms with Crippen LogP contribution in [0.15, 0.2) is 17.5 Å². The molecule has 1 aliphatic carbocycles. The fourth-order valence-electron chi connectivity index (χ4n) is 3.70. The number of thiazole rings is 1. The summed E-state index contributed by atoms with van der Waals surface area (Å²) in [7, 11) is 1.42. The lowest BCUT2D eigenvalue weighted by Crippen LogP contribution is -2.42. The molecule has 2 N–H and O–H groups in total. The number of ether oxygens (including phenoxy) is 2. The van der Waals surface area contributed by atoms with Gasteiger partial charge in [-0.3, -0.25) is 4.90 Å². The molecular weight excluding hydrogens is 362 g/mol. The van der Waals surface area contributed by atoms with Crippen molar-refractivity contribution in [1.29, 1.82) is 0 Å². The number of methoxy groups -OCH3 is 1. The summed E-state index contributed by atoms with van der Waals surface area (Å²) in [6, 6.07) is 4.10. The fourth-order valence-corrected chi connectivity index (χ4v) is 4.38. The number of hydrogen-bond acceptors (Lipinski definition) is 6. The maximum Gasteiger partial charge on any atom is 0.414 e. The van der Waals surface area contributed by atoms with Gasteiger partial charge in [0.05, 0.1) is 24.6 Å². The van der Waals surface area contributed by atoms with Crippen molar-refractivity contribution in [1.82, 2.24) is 4.98 Å². The van der Waals surface area contributed by atoms with Gasteiger partial charge in [-0.05, 0) is 51.2 Å². The van der Waals surface area contributed by atoms with E-state index in [1.54, 1.807) is 16.2 Å². The van der Waals surface area contributed by atoms with Crippen molar-refractivity contribution in [3.63, 3.8) is 0 Å². The Kier molecular flexibility index (Phi) is 5.06. The predicted octanol–water partition coefficient (Wildman–Crippen LogP) is 4.11. The summed E-state index contributed by atoms with van der Waals surface area (Å²) in [6.45, 7) is 2.48. The smallest absolute Gasteiger partial charge is 0.414 e. The van der Waals surface area contributed by atoms with Gasteiger partial charge in [-0.1, -0.05) is 0 Å². The molecule has 7 heteroatoms.